The van der Waals surface area contributed by atoms with Gasteiger partial charge in [0.15, 0.2) is 0 Å². The van der Waals surface area contributed by atoms with E-state index in [9.17, 15) is 4.79 Å². The minimum absolute atomic E-state index is 0.0989. The van der Waals surface area contributed by atoms with Crippen molar-refractivity contribution in [1.82, 2.24) is 4.90 Å². The number of hydrogen-bond donors (Lipinski definition) is 0. The summed E-state index contributed by atoms with van der Waals surface area (Å²) in [6.45, 7) is 9.78. The van der Waals surface area contributed by atoms with Crippen molar-refractivity contribution in [3.63, 3.8) is 0 Å². The molecule has 0 unspecified atom stereocenters. The summed E-state index contributed by atoms with van der Waals surface area (Å²) in [5.74, 6) is 0.626. The number of anilines is 1. The SMILES string of the molecule is Cc1cccc(N2CCN(C(=O)/C=C/c3ccc(C(C)C)cc3)CC2)c1. The largest absolute Gasteiger partial charge is 0.368 e. The molecule has 0 spiro atoms. The number of piperazine rings is 1. The Balaban J connectivity index is 1.55. The number of nitrogens with zero attached hydrogens (tertiary/aromatic N) is 2. The highest BCUT2D eigenvalue weighted by Crippen LogP contribution is 2.18. The van der Waals surface area contributed by atoms with Crippen LogP contribution in [0.2, 0.25) is 0 Å². The van der Waals surface area contributed by atoms with Gasteiger partial charge in [-0.2, -0.15) is 0 Å². The lowest BCUT2D eigenvalue weighted by atomic mass is 10.0. The lowest BCUT2D eigenvalue weighted by Gasteiger charge is -2.35. The van der Waals surface area contributed by atoms with E-state index in [0.717, 1.165) is 31.7 Å². The van der Waals surface area contributed by atoms with E-state index in [1.807, 2.05) is 11.0 Å². The highest BCUT2D eigenvalue weighted by molar-refractivity contribution is 5.92. The number of rotatable bonds is 4. The first kappa shape index (κ1) is 18.2. The molecule has 0 saturated carbocycles. The lowest BCUT2D eigenvalue weighted by molar-refractivity contribution is -0.126. The Morgan fingerprint density at radius 2 is 1.69 bits per heavy atom. The maximum atomic E-state index is 12.5. The summed E-state index contributed by atoms with van der Waals surface area (Å²) >= 11 is 0. The van der Waals surface area contributed by atoms with Gasteiger partial charge in [-0.1, -0.05) is 50.2 Å². The van der Waals surface area contributed by atoms with Gasteiger partial charge in [0.2, 0.25) is 5.91 Å². The molecule has 1 amide bonds. The number of benzene rings is 2. The highest BCUT2D eigenvalue weighted by atomic mass is 16.2. The third-order valence-electron chi connectivity index (χ3n) is 4.98. The van der Waals surface area contributed by atoms with Crippen LogP contribution in [0.1, 0.15) is 36.5 Å². The van der Waals surface area contributed by atoms with Crippen LogP contribution in [0.3, 0.4) is 0 Å². The van der Waals surface area contributed by atoms with Crippen molar-refractivity contribution in [3.8, 4) is 0 Å². The van der Waals surface area contributed by atoms with Gasteiger partial charge < -0.3 is 9.80 Å². The number of aryl methyl sites for hydroxylation is 1. The molecule has 2 aromatic rings. The fraction of sp³-hybridized carbons (Fsp3) is 0.348. The van der Waals surface area contributed by atoms with E-state index in [4.69, 9.17) is 0 Å². The second kappa shape index (κ2) is 8.22. The first-order chi connectivity index (χ1) is 12.5. The van der Waals surface area contributed by atoms with Crippen molar-refractivity contribution in [3.05, 3.63) is 71.3 Å². The summed E-state index contributed by atoms with van der Waals surface area (Å²) in [6.07, 6.45) is 3.62. The Labute approximate surface area is 156 Å². The average Bonchev–Trinajstić information content (AvgIpc) is 2.66. The predicted octanol–water partition coefficient (Wildman–Crippen LogP) is 4.48. The highest BCUT2D eigenvalue weighted by Gasteiger charge is 2.19. The van der Waals surface area contributed by atoms with Crippen molar-refractivity contribution in [2.24, 2.45) is 0 Å². The molecule has 136 valence electrons. The molecule has 0 N–H and O–H groups in total. The average molecular weight is 348 g/mol. The molecule has 3 heteroatoms. The van der Waals surface area contributed by atoms with Crippen molar-refractivity contribution in [2.75, 3.05) is 31.1 Å². The minimum atomic E-state index is 0.0989. The molecule has 1 fully saturated rings. The van der Waals surface area contributed by atoms with E-state index in [1.54, 1.807) is 6.08 Å². The summed E-state index contributed by atoms with van der Waals surface area (Å²) in [7, 11) is 0. The first-order valence-electron chi connectivity index (χ1n) is 9.41. The molecule has 1 heterocycles. The molecule has 0 atom stereocenters. The fourth-order valence-electron chi connectivity index (χ4n) is 3.27. The van der Waals surface area contributed by atoms with E-state index in [1.165, 1.54) is 16.8 Å². The summed E-state index contributed by atoms with van der Waals surface area (Å²) in [6, 6.07) is 17.0. The Kier molecular flexibility index (Phi) is 5.77. The van der Waals surface area contributed by atoms with Gasteiger partial charge in [0.05, 0.1) is 0 Å². The Morgan fingerprint density at radius 1 is 1.00 bits per heavy atom. The molecular formula is C23H28N2O. The Bertz CT molecular complexity index is 769. The summed E-state index contributed by atoms with van der Waals surface area (Å²) in [4.78, 5) is 16.8. The molecule has 0 aliphatic carbocycles. The van der Waals surface area contributed by atoms with Crippen molar-refractivity contribution >= 4 is 17.7 Å². The monoisotopic (exact) mass is 348 g/mol. The molecule has 0 bridgehead atoms. The normalized spacial score (nSPS) is 15.1. The van der Waals surface area contributed by atoms with Gasteiger partial charge in [-0.3, -0.25) is 4.79 Å². The van der Waals surface area contributed by atoms with Crippen LogP contribution in [0.4, 0.5) is 5.69 Å². The van der Waals surface area contributed by atoms with Gasteiger partial charge in [0.25, 0.3) is 0 Å². The van der Waals surface area contributed by atoms with E-state index >= 15 is 0 Å². The number of carbonyl (C=O) groups is 1. The van der Waals surface area contributed by atoms with Gasteiger partial charge >= 0.3 is 0 Å². The zero-order valence-electron chi connectivity index (χ0n) is 16.0. The minimum Gasteiger partial charge on any atom is -0.368 e. The smallest absolute Gasteiger partial charge is 0.246 e. The van der Waals surface area contributed by atoms with E-state index in [2.05, 4.69) is 74.2 Å². The predicted molar refractivity (Wildman–Crippen MR) is 110 cm³/mol. The second-order valence-corrected chi connectivity index (χ2v) is 7.31. The van der Waals surface area contributed by atoms with Crippen LogP contribution in [-0.2, 0) is 4.79 Å². The van der Waals surface area contributed by atoms with Crippen LogP contribution >= 0.6 is 0 Å². The standard InChI is InChI=1S/C23H28N2O/c1-18(2)21-10-7-20(8-11-21)9-12-23(26)25-15-13-24(14-16-25)22-6-4-5-19(3)17-22/h4-12,17-18H,13-16H2,1-3H3/b12-9+. The van der Waals surface area contributed by atoms with Crippen molar-refractivity contribution in [2.45, 2.75) is 26.7 Å². The molecule has 0 radical (unpaired) electrons. The maximum Gasteiger partial charge on any atom is 0.246 e. The zero-order valence-corrected chi connectivity index (χ0v) is 16.0. The lowest BCUT2D eigenvalue weighted by Crippen LogP contribution is -2.48. The van der Waals surface area contributed by atoms with Crippen molar-refractivity contribution in [1.29, 1.82) is 0 Å². The number of hydrogen-bond acceptors (Lipinski definition) is 2. The summed E-state index contributed by atoms with van der Waals surface area (Å²) in [5.41, 5.74) is 4.91. The second-order valence-electron chi connectivity index (χ2n) is 7.31. The summed E-state index contributed by atoms with van der Waals surface area (Å²) < 4.78 is 0. The van der Waals surface area contributed by atoms with E-state index in [-0.39, 0.29) is 5.91 Å². The third-order valence-corrected chi connectivity index (χ3v) is 4.98. The van der Waals surface area contributed by atoms with Crippen LogP contribution < -0.4 is 4.90 Å². The summed E-state index contributed by atoms with van der Waals surface area (Å²) in [5, 5.41) is 0. The molecule has 0 aromatic heterocycles. The van der Waals surface area contributed by atoms with Gasteiger partial charge in [0.1, 0.15) is 0 Å². The number of amides is 1. The maximum absolute atomic E-state index is 12.5. The fourth-order valence-corrected chi connectivity index (χ4v) is 3.27. The molecule has 2 aromatic carbocycles. The molecular weight excluding hydrogens is 320 g/mol. The molecule has 3 rings (SSSR count). The molecule has 1 saturated heterocycles. The van der Waals surface area contributed by atoms with Gasteiger partial charge in [0, 0.05) is 37.9 Å². The van der Waals surface area contributed by atoms with Crippen LogP contribution in [0, 0.1) is 6.92 Å². The van der Waals surface area contributed by atoms with E-state index in [0.29, 0.717) is 5.92 Å². The Morgan fingerprint density at radius 3 is 2.31 bits per heavy atom. The molecule has 1 aliphatic heterocycles. The Hall–Kier alpha value is -2.55. The van der Waals surface area contributed by atoms with Crippen LogP contribution in [0.5, 0.6) is 0 Å². The molecule has 1 aliphatic rings. The van der Waals surface area contributed by atoms with Crippen molar-refractivity contribution < 1.29 is 4.79 Å². The zero-order chi connectivity index (χ0) is 18.5. The quantitative estimate of drug-likeness (QED) is 0.761. The van der Waals surface area contributed by atoms with Crippen LogP contribution in [0.25, 0.3) is 6.08 Å². The molecule has 3 nitrogen and oxygen atoms in total. The number of carbonyl (C=O) groups excluding carboxylic acids is 1. The van der Waals surface area contributed by atoms with Gasteiger partial charge in [-0.05, 0) is 47.7 Å². The van der Waals surface area contributed by atoms with E-state index < -0.39 is 0 Å². The molecule has 26 heavy (non-hydrogen) atoms. The third kappa shape index (κ3) is 4.54. The first-order valence-corrected chi connectivity index (χ1v) is 9.41. The topological polar surface area (TPSA) is 23.6 Å². The van der Waals surface area contributed by atoms with Gasteiger partial charge in [-0.15, -0.1) is 0 Å². The van der Waals surface area contributed by atoms with Crippen LogP contribution in [0.15, 0.2) is 54.6 Å². The van der Waals surface area contributed by atoms with Gasteiger partial charge in [-0.25, -0.2) is 0 Å². The van der Waals surface area contributed by atoms with Crippen LogP contribution in [-0.4, -0.2) is 37.0 Å².